The van der Waals surface area contributed by atoms with Crippen LogP contribution in [-0.4, -0.2) is 49.6 Å². The Hall–Kier alpha value is -3.23. The predicted molar refractivity (Wildman–Crippen MR) is 131 cm³/mol. The molecule has 3 unspecified atom stereocenters. The van der Waals surface area contributed by atoms with Crippen molar-refractivity contribution in [3.05, 3.63) is 59.2 Å². The zero-order valence-corrected chi connectivity index (χ0v) is 21.3. The lowest BCUT2D eigenvalue weighted by molar-refractivity contribution is -0.167. The van der Waals surface area contributed by atoms with Crippen LogP contribution in [0, 0.1) is 5.92 Å². The van der Waals surface area contributed by atoms with Gasteiger partial charge in [-0.2, -0.15) is 0 Å². The number of rotatable bonds is 10. The van der Waals surface area contributed by atoms with Crippen molar-refractivity contribution in [1.29, 1.82) is 0 Å². The van der Waals surface area contributed by atoms with Crippen molar-refractivity contribution < 1.29 is 38.4 Å². The molecule has 1 aromatic rings. The van der Waals surface area contributed by atoms with Gasteiger partial charge in [-0.3, -0.25) is 9.59 Å². The number of ether oxygens (including phenoxy) is 4. The van der Waals surface area contributed by atoms with Crippen molar-refractivity contribution in [2.75, 3.05) is 21.3 Å². The Kier molecular flexibility index (Phi) is 9.18. The number of fused-ring (bicyclic) bond motifs is 1. The monoisotopic (exact) mass is 486 g/mol. The molecule has 0 fully saturated rings. The highest BCUT2D eigenvalue weighted by Gasteiger charge is 2.59. The fraction of sp³-hybridized carbons (Fsp3) is 0.444. The average molecular weight is 487 g/mol. The van der Waals surface area contributed by atoms with Crippen LogP contribution in [0.3, 0.4) is 0 Å². The summed E-state index contributed by atoms with van der Waals surface area (Å²) < 4.78 is 21.4. The topological polar surface area (TPSA) is 108 Å². The quantitative estimate of drug-likeness (QED) is 0.230. The number of ketones is 2. The van der Waals surface area contributed by atoms with Crippen LogP contribution in [0.5, 0.6) is 11.5 Å². The van der Waals surface area contributed by atoms with Gasteiger partial charge in [-0.25, -0.2) is 4.79 Å². The minimum absolute atomic E-state index is 0.0107. The van der Waals surface area contributed by atoms with Gasteiger partial charge < -0.3 is 24.1 Å². The number of aliphatic hydroxyl groups is 1. The second-order valence-electron chi connectivity index (χ2n) is 8.65. The van der Waals surface area contributed by atoms with Crippen LogP contribution >= 0.6 is 0 Å². The first kappa shape index (κ1) is 28.0. The van der Waals surface area contributed by atoms with E-state index in [4.69, 9.17) is 18.9 Å². The van der Waals surface area contributed by atoms with E-state index < -0.39 is 28.7 Å². The fourth-order valence-corrected chi connectivity index (χ4v) is 3.90. The summed E-state index contributed by atoms with van der Waals surface area (Å²) in [5.74, 6) is -1.78. The van der Waals surface area contributed by atoms with Crippen molar-refractivity contribution in [2.45, 2.75) is 51.9 Å². The molecule has 0 heterocycles. The van der Waals surface area contributed by atoms with Gasteiger partial charge in [0.05, 0.1) is 20.8 Å². The molecule has 0 radical (unpaired) electrons. The molecule has 0 aliphatic heterocycles. The molecule has 0 saturated carbocycles. The summed E-state index contributed by atoms with van der Waals surface area (Å²) >= 11 is 0. The Morgan fingerprint density at radius 2 is 1.74 bits per heavy atom. The maximum absolute atomic E-state index is 13.6. The van der Waals surface area contributed by atoms with E-state index in [0.29, 0.717) is 5.92 Å². The van der Waals surface area contributed by atoms with Crippen molar-refractivity contribution in [3.8, 4) is 11.5 Å². The number of esters is 1. The average Bonchev–Trinajstić information content (AvgIpc) is 2.83. The summed E-state index contributed by atoms with van der Waals surface area (Å²) in [5.41, 5.74) is -4.12. The normalized spacial score (nSPS) is 23.2. The molecule has 1 aliphatic rings. The first-order valence-corrected chi connectivity index (χ1v) is 11.3. The molecule has 0 bridgehead atoms. The number of carbonyl (C=O) groups is 3. The van der Waals surface area contributed by atoms with E-state index in [1.165, 1.54) is 47.3 Å². The molecule has 35 heavy (non-hydrogen) atoms. The Morgan fingerprint density at radius 1 is 1.09 bits per heavy atom. The SMILES string of the molecule is CCC(C)/C=C/C=C/C=C/C(=O)OC1(C)C(=O)c2c(cc(OC)c(OC)c2COC)C(C)(O)C1=O. The minimum Gasteiger partial charge on any atom is -0.493 e. The summed E-state index contributed by atoms with van der Waals surface area (Å²) in [4.78, 5) is 39.5. The fourth-order valence-electron chi connectivity index (χ4n) is 3.90. The Labute approximate surface area is 206 Å². The van der Waals surface area contributed by atoms with Gasteiger partial charge >= 0.3 is 5.97 Å². The third kappa shape index (κ3) is 5.55. The first-order valence-electron chi connectivity index (χ1n) is 11.3. The predicted octanol–water partition coefficient (Wildman–Crippen LogP) is 3.84. The van der Waals surface area contributed by atoms with Crippen molar-refractivity contribution in [3.63, 3.8) is 0 Å². The number of benzene rings is 1. The standard InChI is InChI=1S/C27H34O8/c1-8-17(2)13-11-9-10-12-14-21(28)35-27(4)24(29)22-18(16-32-5)23(34-7)20(33-6)15-19(22)26(3,31)25(27)30/h9-15,17,31H,8,16H2,1-7H3/b10-9+,13-11+,14-12+. The van der Waals surface area contributed by atoms with E-state index >= 15 is 0 Å². The van der Waals surface area contributed by atoms with E-state index in [1.54, 1.807) is 12.2 Å². The molecule has 0 spiro atoms. The molecule has 1 aromatic carbocycles. The van der Waals surface area contributed by atoms with Gasteiger partial charge in [0.25, 0.3) is 0 Å². The van der Waals surface area contributed by atoms with Crippen molar-refractivity contribution >= 4 is 17.5 Å². The lowest BCUT2D eigenvalue weighted by atomic mass is 9.69. The summed E-state index contributed by atoms with van der Waals surface area (Å²) in [7, 11) is 4.22. The largest absolute Gasteiger partial charge is 0.493 e. The van der Waals surface area contributed by atoms with Gasteiger partial charge in [-0.1, -0.05) is 50.6 Å². The second kappa shape index (κ2) is 11.5. The molecular weight excluding hydrogens is 452 g/mol. The van der Waals surface area contributed by atoms with Gasteiger partial charge in [0, 0.05) is 29.9 Å². The molecule has 2 rings (SSSR count). The second-order valence-corrected chi connectivity index (χ2v) is 8.65. The van der Waals surface area contributed by atoms with E-state index in [1.807, 2.05) is 12.2 Å². The number of allylic oxidation sites excluding steroid dienone is 5. The molecule has 8 nitrogen and oxygen atoms in total. The van der Waals surface area contributed by atoms with E-state index in [9.17, 15) is 19.5 Å². The molecule has 1 aliphatic carbocycles. The molecule has 3 atom stereocenters. The molecule has 0 saturated heterocycles. The number of hydrogen-bond donors (Lipinski definition) is 1. The Morgan fingerprint density at radius 3 is 2.31 bits per heavy atom. The van der Waals surface area contributed by atoms with Crippen LogP contribution in [0.4, 0.5) is 0 Å². The molecule has 8 heteroatoms. The van der Waals surface area contributed by atoms with Crippen LogP contribution in [0.1, 0.15) is 55.6 Å². The molecular formula is C27H34O8. The minimum atomic E-state index is -2.26. The van der Waals surface area contributed by atoms with E-state index in [0.717, 1.165) is 12.5 Å². The summed E-state index contributed by atoms with van der Waals surface area (Å²) in [6, 6.07) is 1.38. The number of methoxy groups -OCH3 is 3. The van der Waals surface area contributed by atoms with Gasteiger partial charge in [0.1, 0.15) is 0 Å². The highest BCUT2D eigenvalue weighted by atomic mass is 16.6. The molecule has 0 amide bonds. The maximum atomic E-state index is 13.6. The lowest BCUT2D eigenvalue weighted by Crippen LogP contribution is -2.59. The lowest BCUT2D eigenvalue weighted by Gasteiger charge is -2.40. The van der Waals surface area contributed by atoms with Gasteiger partial charge in [-0.05, 0) is 25.8 Å². The molecule has 0 aromatic heterocycles. The highest BCUT2D eigenvalue weighted by molar-refractivity contribution is 6.25. The van der Waals surface area contributed by atoms with E-state index in [2.05, 4.69) is 13.8 Å². The van der Waals surface area contributed by atoms with Crippen LogP contribution in [0.25, 0.3) is 0 Å². The molecule has 190 valence electrons. The number of hydrogen-bond acceptors (Lipinski definition) is 8. The third-order valence-electron chi connectivity index (χ3n) is 6.07. The zero-order chi connectivity index (χ0) is 26.4. The van der Waals surface area contributed by atoms with E-state index in [-0.39, 0.29) is 34.8 Å². The van der Waals surface area contributed by atoms with Gasteiger partial charge in [-0.15, -0.1) is 0 Å². The smallest absolute Gasteiger partial charge is 0.332 e. The summed E-state index contributed by atoms with van der Waals surface area (Å²) in [6.45, 7) is 6.53. The van der Waals surface area contributed by atoms with Crippen LogP contribution in [0.2, 0.25) is 0 Å². The van der Waals surface area contributed by atoms with Crippen LogP contribution < -0.4 is 9.47 Å². The van der Waals surface area contributed by atoms with Crippen molar-refractivity contribution in [2.24, 2.45) is 5.92 Å². The maximum Gasteiger partial charge on any atom is 0.332 e. The third-order valence-corrected chi connectivity index (χ3v) is 6.07. The Balaban J connectivity index is 2.47. The summed E-state index contributed by atoms with van der Waals surface area (Å²) in [5, 5.41) is 11.2. The van der Waals surface area contributed by atoms with Gasteiger partial charge in [0.15, 0.2) is 17.1 Å². The van der Waals surface area contributed by atoms with Crippen LogP contribution in [0.15, 0.2) is 42.5 Å². The Bertz CT molecular complexity index is 1060. The highest BCUT2D eigenvalue weighted by Crippen LogP contribution is 2.46. The van der Waals surface area contributed by atoms with Crippen LogP contribution in [-0.2, 0) is 31.3 Å². The molecule has 1 N–H and O–H groups in total. The first-order chi connectivity index (χ1) is 16.5. The summed E-state index contributed by atoms with van der Waals surface area (Å²) in [6.07, 6.45) is 10.9. The zero-order valence-electron chi connectivity index (χ0n) is 21.3. The number of carbonyl (C=O) groups excluding carboxylic acids is 3. The number of Topliss-reactive ketones (excluding diaryl/α,β-unsaturated/α-hetero) is 2. The van der Waals surface area contributed by atoms with Gasteiger partial charge in [0.2, 0.25) is 17.2 Å². The van der Waals surface area contributed by atoms with Crippen molar-refractivity contribution in [1.82, 2.24) is 0 Å².